The summed E-state index contributed by atoms with van der Waals surface area (Å²) in [5.74, 6) is 0.284. The summed E-state index contributed by atoms with van der Waals surface area (Å²) in [4.78, 5) is 0. The van der Waals surface area contributed by atoms with E-state index in [1.807, 2.05) is 18.2 Å². The monoisotopic (exact) mass is 535 g/mol. The van der Waals surface area contributed by atoms with Gasteiger partial charge >= 0.3 is 0 Å². The van der Waals surface area contributed by atoms with Gasteiger partial charge in [-0.15, -0.1) is 0 Å². The zero-order valence-electron chi connectivity index (χ0n) is 23.6. The molecule has 4 aromatic rings. The van der Waals surface area contributed by atoms with Crippen LogP contribution in [0.3, 0.4) is 0 Å². The summed E-state index contributed by atoms with van der Waals surface area (Å²) < 4.78 is 7.47. The Kier molecular flexibility index (Phi) is 7.93. The Morgan fingerprint density at radius 1 is 0.795 bits per heavy atom. The van der Waals surface area contributed by atoms with Gasteiger partial charge in [-0.2, -0.15) is 5.06 Å². The van der Waals surface area contributed by atoms with E-state index < -0.39 is 8.32 Å². The summed E-state index contributed by atoms with van der Waals surface area (Å²) in [6.45, 7) is 10.3. The summed E-state index contributed by atoms with van der Waals surface area (Å²) in [5, 5.41) is 15.2. The molecule has 1 aliphatic rings. The van der Waals surface area contributed by atoms with Gasteiger partial charge in [0.2, 0.25) is 0 Å². The maximum absolute atomic E-state index is 11.2. The minimum Gasteiger partial charge on any atom is -0.406 e. The molecule has 1 aliphatic carbocycles. The molecule has 1 fully saturated rings. The van der Waals surface area contributed by atoms with Gasteiger partial charge in [0.1, 0.15) is 0 Å². The van der Waals surface area contributed by atoms with Crippen LogP contribution in [0, 0.1) is 5.92 Å². The molecule has 202 valence electrons. The third-order valence-corrected chi connectivity index (χ3v) is 13.7. The molecule has 0 saturated heterocycles. The summed E-state index contributed by atoms with van der Waals surface area (Å²) in [6, 6.07) is 42.7. The van der Waals surface area contributed by atoms with Gasteiger partial charge in [0.25, 0.3) is 8.32 Å². The van der Waals surface area contributed by atoms with Gasteiger partial charge < -0.3 is 9.63 Å². The van der Waals surface area contributed by atoms with Crippen LogP contribution in [-0.2, 0) is 16.4 Å². The van der Waals surface area contributed by atoms with Gasteiger partial charge in [0.15, 0.2) is 0 Å². The van der Waals surface area contributed by atoms with Crippen LogP contribution < -0.4 is 10.4 Å². The molecule has 1 N–H and O–H groups in total. The average molecular weight is 536 g/mol. The highest BCUT2D eigenvalue weighted by molar-refractivity contribution is 6.99. The zero-order valence-corrected chi connectivity index (χ0v) is 24.6. The molecule has 4 heteroatoms. The quantitative estimate of drug-likeness (QED) is 0.179. The van der Waals surface area contributed by atoms with Crippen molar-refractivity contribution < 1.29 is 9.63 Å². The number of rotatable bonds is 10. The minimum atomic E-state index is -2.68. The molecule has 3 atom stereocenters. The Morgan fingerprint density at radius 2 is 1.26 bits per heavy atom. The molecule has 5 rings (SSSR count). The Labute approximate surface area is 235 Å². The van der Waals surface area contributed by atoms with E-state index >= 15 is 0 Å². The molecule has 0 heterocycles. The summed E-state index contributed by atoms with van der Waals surface area (Å²) >= 11 is 0. The van der Waals surface area contributed by atoms with Crippen molar-refractivity contribution in [3.8, 4) is 0 Å². The summed E-state index contributed by atoms with van der Waals surface area (Å²) in [5.41, 5.74) is 2.26. The van der Waals surface area contributed by atoms with Gasteiger partial charge in [-0.25, -0.2) is 0 Å². The zero-order chi connectivity index (χ0) is 27.5. The first-order valence-electron chi connectivity index (χ1n) is 14.1. The van der Waals surface area contributed by atoms with Gasteiger partial charge in [-0.05, 0) is 45.8 Å². The number of hydrogen-bond acceptors (Lipinski definition) is 3. The van der Waals surface area contributed by atoms with Crippen molar-refractivity contribution in [3.63, 3.8) is 0 Å². The number of benzene rings is 4. The van der Waals surface area contributed by atoms with Gasteiger partial charge in [-0.1, -0.05) is 142 Å². The molecule has 0 bridgehead atoms. The van der Waals surface area contributed by atoms with Crippen molar-refractivity contribution in [1.29, 1.82) is 0 Å². The Bertz CT molecular complexity index is 1290. The first-order chi connectivity index (χ1) is 18.8. The molecule has 0 aromatic heterocycles. The second-order valence-corrected chi connectivity index (χ2v) is 16.4. The highest BCUT2D eigenvalue weighted by Crippen LogP contribution is 2.58. The van der Waals surface area contributed by atoms with Gasteiger partial charge in [-0.3, -0.25) is 0 Å². The standard InChI is InChI=1S/C35H41NO2Si/c1-28(36(37)26-29-17-9-5-10-18-29)33-25-35(33,30-19-11-6-12-20-30)27-38-39(34(2,3)4,31-21-13-7-14-22-31)32-23-15-8-16-24-32/h5-24,28,33,37H,25-27H2,1-4H3/t28-,33-,35+/m1/s1. The molecule has 0 radical (unpaired) electrons. The van der Waals surface area contributed by atoms with E-state index in [0.29, 0.717) is 13.2 Å². The van der Waals surface area contributed by atoms with Crippen molar-refractivity contribution in [3.05, 3.63) is 132 Å². The lowest BCUT2D eigenvalue weighted by Crippen LogP contribution is -2.67. The lowest BCUT2D eigenvalue weighted by molar-refractivity contribution is -0.137. The summed E-state index contributed by atoms with van der Waals surface area (Å²) in [7, 11) is -2.68. The molecule has 39 heavy (non-hydrogen) atoms. The lowest BCUT2D eigenvalue weighted by Gasteiger charge is -2.44. The molecule has 0 unspecified atom stereocenters. The lowest BCUT2D eigenvalue weighted by atomic mass is 9.92. The van der Waals surface area contributed by atoms with Crippen LogP contribution in [0.2, 0.25) is 5.04 Å². The topological polar surface area (TPSA) is 32.7 Å². The number of hydroxylamine groups is 2. The SMILES string of the molecule is C[C@H]([C@H]1C[C@]1(CO[Si](c1ccccc1)(c1ccccc1)C(C)(C)C)c1ccccc1)N(O)Cc1ccccc1. The largest absolute Gasteiger partial charge is 0.406 e. The first kappa shape index (κ1) is 27.5. The third kappa shape index (κ3) is 5.39. The van der Waals surface area contributed by atoms with E-state index in [0.717, 1.165) is 12.0 Å². The van der Waals surface area contributed by atoms with E-state index in [1.165, 1.54) is 21.0 Å². The second-order valence-electron chi connectivity index (χ2n) is 12.1. The smallest absolute Gasteiger partial charge is 0.261 e. The highest BCUT2D eigenvalue weighted by atomic mass is 28.4. The van der Waals surface area contributed by atoms with E-state index in [1.54, 1.807) is 0 Å². The van der Waals surface area contributed by atoms with Crippen molar-refractivity contribution in [2.45, 2.75) is 57.2 Å². The molecule has 0 amide bonds. The molecular formula is C35H41NO2Si. The van der Waals surface area contributed by atoms with Crippen LogP contribution in [-0.4, -0.2) is 31.2 Å². The minimum absolute atomic E-state index is 0.00633. The van der Waals surface area contributed by atoms with Crippen molar-refractivity contribution in [2.24, 2.45) is 5.92 Å². The van der Waals surface area contributed by atoms with Crippen LogP contribution in [0.25, 0.3) is 0 Å². The number of nitrogens with zero attached hydrogens (tertiary/aromatic N) is 1. The fourth-order valence-corrected chi connectivity index (χ4v) is 11.1. The maximum Gasteiger partial charge on any atom is 0.261 e. The van der Waals surface area contributed by atoms with Crippen molar-refractivity contribution >= 4 is 18.7 Å². The van der Waals surface area contributed by atoms with Crippen LogP contribution in [0.5, 0.6) is 0 Å². The van der Waals surface area contributed by atoms with E-state index in [9.17, 15) is 5.21 Å². The van der Waals surface area contributed by atoms with Gasteiger partial charge in [0.05, 0.1) is 0 Å². The fraction of sp³-hybridized carbons (Fsp3) is 0.314. The average Bonchev–Trinajstić information content (AvgIpc) is 3.70. The van der Waals surface area contributed by atoms with E-state index in [-0.39, 0.29) is 22.4 Å². The molecule has 0 spiro atoms. The van der Waals surface area contributed by atoms with Gasteiger partial charge in [0, 0.05) is 24.6 Å². The Balaban J connectivity index is 1.50. The van der Waals surface area contributed by atoms with Crippen LogP contribution >= 0.6 is 0 Å². The fourth-order valence-electron chi connectivity index (χ4n) is 6.44. The molecular weight excluding hydrogens is 494 g/mol. The van der Waals surface area contributed by atoms with E-state index in [4.69, 9.17) is 4.43 Å². The maximum atomic E-state index is 11.2. The molecule has 1 saturated carbocycles. The first-order valence-corrected chi connectivity index (χ1v) is 16.0. The Hall–Kier alpha value is -3.02. The predicted octanol–water partition coefficient (Wildman–Crippen LogP) is 6.80. The molecule has 0 aliphatic heterocycles. The number of hydrogen-bond donors (Lipinski definition) is 1. The Morgan fingerprint density at radius 3 is 1.74 bits per heavy atom. The van der Waals surface area contributed by atoms with Crippen LogP contribution in [0.1, 0.15) is 45.2 Å². The van der Waals surface area contributed by atoms with Crippen LogP contribution in [0.15, 0.2) is 121 Å². The van der Waals surface area contributed by atoms with E-state index in [2.05, 4.69) is 131 Å². The second kappa shape index (κ2) is 11.2. The van der Waals surface area contributed by atoms with Crippen molar-refractivity contribution in [2.75, 3.05) is 6.61 Å². The highest BCUT2D eigenvalue weighted by Gasteiger charge is 2.61. The molecule has 4 aromatic carbocycles. The summed E-state index contributed by atoms with van der Waals surface area (Å²) in [6.07, 6.45) is 0.988. The predicted molar refractivity (Wildman–Crippen MR) is 163 cm³/mol. The van der Waals surface area contributed by atoms with Crippen LogP contribution in [0.4, 0.5) is 0 Å². The third-order valence-electron chi connectivity index (χ3n) is 8.69. The van der Waals surface area contributed by atoms with Crippen molar-refractivity contribution in [1.82, 2.24) is 5.06 Å². The normalized spacial score (nSPS) is 20.1. The molecule has 3 nitrogen and oxygen atoms in total.